The number of rotatable bonds is 4. The van der Waals surface area contributed by atoms with Crippen LogP contribution in [-0.4, -0.2) is 33.2 Å². The molecule has 0 saturated heterocycles. The fourth-order valence-electron chi connectivity index (χ4n) is 1.65. The second kappa shape index (κ2) is 5.60. The van der Waals surface area contributed by atoms with Gasteiger partial charge in [-0.1, -0.05) is 38.1 Å². The van der Waals surface area contributed by atoms with Gasteiger partial charge in [-0.3, -0.25) is 4.79 Å². The fraction of sp³-hybridized carbons (Fsp3) is 0.385. The third-order valence-electron chi connectivity index (χ3n) is 2.85. The maximum absolute atomic E-state index is 11.2. The van der Waals surface area contributed by atoms with Gasteiger partial charge in [0.1, 0.15) is 6.54 Å². The van der Waals surface area contributed by atoms with Crippen LogP contribution in [0.5, 0.6) is 0 Å². The van der Waals surface area contributed by atoms with Crippen LogP contribution in [0.1, 0.15) is 25.3 Å². The predicted octanol–water partition coefficient (Wildman–Crippen LogP) is 1.21. The van der Waals surface area contributed by atoms with Gasteiger partial charge in [0.2, 0.25) is 11.7 Å². The molecule has 19 heavy (non-hydrogen) atoms. The Morgan fingerprint density at radius 2 is 2.00 bits per heavy atom. The van der Waals surface area contributed by atoms with Crippen LogP contribution in [0.3, 0.4) is 0 Å². The van der Waals surface area contributed by atoms with E-state index in [-0.39, 0.29) is 12.5 Å². The standard InChI is InChI=1S/C13H17N5O/c1-9(2)10-4-6-11(7-5-10)13-15-17-18(16-13)8-12(19)14-3/h4-7,9H,8H2,1-3H3,(H,14,19). The van der Waals surface area contributed by atoms with E-state index in [1.54, 1.807) is 7.05 Å². The van der Waals surface area contributed by atoms with Crippen molar-refractivity contribution in [3.8, 4) is 11.4 Å². The Kier molecular flexibility index (Phi) is 3.89. The zero-order valence-electron chi connectivity index (χ0n) is 11.3. The Hall–Kier alpha value is -2.24. The van der Waals surface area contributed by atoms with Crippen molar-refractivity contribution >= 4 is 5.91 Å². The molecule has 0 saturated carbocycles. The third kappa shape index (κ3) is 3.15. The fourth-order valence-corrected chi connectivity index (χ4v) is 1.65. The molecule has 2 aromatic rings. The maximum atomic E-state index is 11.2. The summed E-state index contributed by atoms with van der Waals surface area (Å²) in [7, 11) is 1.57. The molecule has 100 valence electrons. The summed E-state index contributed by atoms with van der Waals surface area (Å²) in [4.78, 5) is 12.5. The lowest BCUT2D eigenvalue weighted by atomic mass is 10.0. The van der Waals surface area contributed by atoms with Gasteiger partial charge >= 0.3 is 0 Å². The van der Waals surface area contributed by atoms with Gasteiger partial charge in [-0.05, 0) is 16.7 Å². The predicted molar refractivity (Wildman–Crippen MR) is 71.4 cm³/mol. The monoisotopic (exact) mass is 259 g/mol. The molecule has 0 aliphatic carbocycles. The number of hydrogen-bond donors (Lipinski definition) is 1. The molecule has 1 amide bonds. The van der Waals surface area contributed by atoms with Crippen molar-refractivity contribution in [2.75, 3.05) is 7.05 Å². The first kappa shape index (κ1) is 13.2. The molecule has 1 aromatic heterocycles. The molecule has 2 rings (SSSR count). The second-order valence-electron chi connectivity index (χ2n) is 4.59. The first-order chi connectivity index (χ1) is 9.10. The lowest BCUT2D eigenvalue weighted by molar-refractivity contribution is -0.121. The van der Waals surface area contributed by atoms with Crippen molar-refractivity contribution < 1.29 is 4.79 Å². The van der Waals surface area contributed by atoms with Gasteiger partial charge in [0, 0.05) is 12.6 Å². The normalized spacial score (nSPS) is 10.7. The number of benzene rings is 1. The number of nitrogens with zero attached hydrogens (tertiary/aromatic N) is 4. The van der Waals surface area contributed by atoms with Crippen molar-refractivity contribution in [2.45, 2.75) is 26.3 Å². The SMILES string of the molecule is CNC(=O)Cn1nnc(-c2ccc(C(C)C)cc2)n1. The molecule has 0 radical (unpaired) electrons. The molecule has 0 spiro atoms. The Bertz CT molecular complexity index is 559. The van der Waals surface area contributed by atoms with Gasteiger partial charge < -0.3 is 5.32 Å². The van der Waals surface area contributed by atoms with E-state index in [9.17, 15) is 4.79 Å². The molecule has 1 aromatic carbocycles. The number of likely N-dealkylation sites (N-methyl/N-ethyl adjacent to an activating group) is 1. The number of carbonyl (C=O) groups excluding carboxylic acids is 1. The van der Waals surface area contributed by atoms with Crippen molar-refractivity contribution in [1.29, 1.82) is 0 Å². The number of aromatic nitrogens is 4. The van der Waals surface area contributed by atoms with Gasteiger partial charge in [-0.15, -0.1) is 10.2 Å². The van der Waals surface area contributed by atoms with Gasteiger partial charge in [-0.2, -0.15) is 4.80 Å². The third-order valence-corrected chi connectivity index (χ3v) is 2.85. The minimum Gasteiger partial charge on any atom is -0.358 e. The maximum Gasteiger partial charge on any atom is 0.243 e. The van der Waals surface area contributed by atoms with Crippen molar-refractivity contribution in [3.63, 3.8) is 0 Å². The Balaban J connectivity index is 2.16. The van der Waals surface area contributed by atoms with Gasteiger partial charge in [0.15, 0.2) is 0 Å². The summed E-state index contributed by atoms with van der Waals surface area (Å²) in [5.74, 6) is 0.865. The van der Waals surface area contributed by atoms with Crippen LogP contribution < -0.4 is 5.32 Å². The smallest absolute Gasteiger partial charge is 0.243 e. The molecule has 0 unspecified atom stereocenters. The van der Waals surface area contributed by atoms with Crippen LogP contribution in [-0.2, 0) is 11.3 Å². The van der Waals surface area contributed by atoms with Gasteiger partial charge in [0.05, 0.1) is 0 Å². The van der Waals surface area contributed by atoms with Crippen LogP contribution in [0.25, 0.3) is 11.4 Å². The van der Waals surface area contributed by atoms with Crippen molar-refractivity contribution in [1.82, 2.24) is 25.5 Å². The Morgan fingerprint density at radius 3 is 2.58 bits per heavy atom. The van der Waals surface area contributed by atoms with Crippen molar-refractivity contribution in [3.05, 3.63) is 29.8 Å². The van der Waals surface area contributed by atoms with E-state index in [4.69, 9.17) is 0 Å². The van der Waals surface area contributed by atoms with Crippen LogP contribution in [0, 0.1) is 0 Å². The molecule has 1 N–H and O–H groups in total. The van der Waals surface area contributed by atoms with Crippen LogP contribution in [0.15, 0.2) is 24.3 Å². The van der Waals surface area contributed by atoms with E-state index >= 15 is 0 Å². The van der Waals surface area contributed by atoms with Crippen LogP contribution >= 0.6 is 0 Å². The summed E-state index contributed by atoms with van der Waals surface area (Å²) >= 11 is 0. The average molecular weight is 259 g/mol. The van der Waals surface area contributed by atoms with Crippen molar-refractivity contribution in [2.24, 2.45) is 0 Å². The van der Waals surface area contributed by atoms with E-state index in [0.717, 1.165) is 5.56 Å². The summed E-state index contributed by atoms with van der Waals surface area (Å²) in [6.45, 7) is 4.37. The first-order valence-corrected chi connectivity index (χ1v) is 6.19. The minimum atomic E-state index is -0.154. The zero-order chi connectivity index (χ0) is 13.8. The average Bonchev–Trinajstić information content (AvgIpc) is 2.87. The molecule has 0 aliphatic heterocycles. The van der Waals surface area contributed by atoms with Crippen LogP contribution in [0.2, 0.25) is 0 Å². The number of amides is 1. The summed E-state index contributed by atoms with van der Waals surface area (Å²) in [6.07, 6.45) is 0. The number of tetrazole rings is 1. The molecule has 0 aliphatic rings. The summed E-state index contributed by atoms with van der Waals surface area (Å²) in [5, 5.41) is 14.5. The zero-order valence-corrected chi connectivity index (χ0v) is 11.3. The van der Waals surface area contributed by atoms with E-state index in [2.05, 4.69) is 46.7 Å². The Morgan fingerprint density at radius 1 is 1.32 bits per heavy atom. The molecule has 0 bridgehead atoms. The minimum absolute atomic E-state index is 0.0770. The van der Waals surface area contributed by atoms with E-state index in [1.807, 2.05) is 12.1 Å². The lowest BCUT2D eigenvalue weighted by Crippen LogP contribution is -2.24. The van der Waals surface area contributed by atoms with Gasteiger partial charge in [0.25, 0.3) is 0 Å². The first-order valence-electron chi connectivity index (χ1n) is 6.19. The molecule has 0 atom stereocenters. The highest BCUT2D eigenvalue weighted by Crippen LogP contribution is 2.19. The van der Waals surface area contributed by atoms with E-state index in [1.165, 1.54) is 10.4 Å². The quantitative estimate of drug-likeness (QED) is 0.895. The molecule has 6 heteroatoms. The Labute approximate surface area is 111 Å². The number of nitrogens with one attached hydrogen (secondary N) is 1. The summed E-state index contributed by atoms with van der Waals surface area (Å²) < 4.78 is 0. The van der Waals surface area contributed by atoms with E-state index < -0.39 is 0 Å². The number of hydrogen-bond acceptors (Lipinski definition) is 4. The summed E-state index contributed by atoms with van der Waals surface area (Å²) in [5.41, 5.74) is 2.16. The highest BCUT2D eigenvalue weighted by Gasteiger charge is 2.08. The topological polar surface area (TPSA) is 72.7 Å². The second-order valence-corrected chi connectivity index (χ2v) is 4.59. The lowest BCUT2D eigenvalue weighted by Gasteiger charge is -2.04. The molecular weight excluding hydrogens is 242 g/mol. The number of carbonyl (C=O) groups is 1. The largest absolute Gasteiger partial charge is 0.358 e. The summed E-state index contributed by atoms with van der Waals surface area (Å²) in [6, 6.07) is 8.05. The highest BCUT2D eigenvalue weighted by molar-refractivity contribution is 5.75. The van der Waals surface area contributed by atoms with E-state index in [0.29, 0.717) is 11.7 Å². The van der Waals surface area contributed by atoms with Gasteiger partial charge in [-0.25, -0.2) is 0 Å². The highest BCUT2D eigenvalue weighted by atomic mass is 16.2. The molecule has 1 heterocycles. The van der Waals surface area contributed by atoms with Crippen LogP contribution in [0.4, 0.5) is 0 Å². The molecule has 0 fully saturated rings. The molecule has 6 nitrogen and oxygen atoms in total. The molecular formula is C13H17N5O.